The number of nitrogens with one attached hydrogen (secondary N) is 2. The second-order valence-corrected chi connectivity index (χ2v) is 7.70. The van der Waals surface area contributed by atoms with E-state index in [0.29, 0.717) is 18.3 Å². The van der Waals surface area contributed by atoms with Gasteiger partial charge in [-0.25, -0.2) is 18.1 Å². The molecule has 132 valence electrons. The quantitative estimate of drug-likeness (QED) is 0.329. The Labute approximate surface area is 148 Å². The van der Waals surface area contributed by atoms with Gasteiger partial charge in [0, 0.05) is 25.3 Å². The molecule has 0 aromatic heterocycles. The topological polar surface area (TPSA) is 97.6 Å². The molecule has 0 aliphatic heterocycles. The molecule has 0 fully saturated rings. The summed E-state index contributed by atoms with van der Waals surface area (Å²) in [7, 11) is -3.18. The number of hydrogen-bond donors (Lipinski definition) is 2. The number of nitriles is 1. The molecular weight excluding hydrogens is 346 g/mol. The van der Waals surface area contributed by atoms with Gasteiger partial charge in [-0.05, 0) is 43.9 Å². The van der Waals surface area contributed by atoms with Crippen molar-refractivity contribution in [2.45, 2.75) is 13.8 Å². The van der Waals surface area contributed by atoms with Gasteiger partial charge >= 0.3 is 0 Å². The molecule has 2 N–H and O–H groups in total. The Morgan fingerprint density at radius 3 is 2.67 bits per heavy atom. The highest BCUT2D eigenvalue weighted by atomic mass is 32.2. The first-order chi connectivity index (χ1) is 11.3. The van der Waals surface area contributed by atoms with E-state index >= 15 is 0 Å². The van der Waals surface area contributed by atoms with Gasteiger partial charge in [-0.2, -0.15) is 5.26 Å². The SMILES string of the molecule is CCN(CCNS(C)(=O)=O)c1ccc(N=C(NC#N)SC)c(C)c1. The highest BCUT2D eigenvalue weighted by Crippen LogP contribution is 2.25. The standard InChI is InChI=1S/C15H23N5O2S2/c1-5-20(9-8-18-24(4,21)22)13-6-7-14(12(2)10-13)19-15(23-3)17-11-16/h6-7,10,18H,5,8-9H2,1-4H3,(H,17,19). The Bertz CT molecular complexity index is 726. The van der Waals surface area contributed by atoms with Crippen molar-refractivity contribution in [3.05, 3.63) is 23.8 Å². The molecule has 1 aromatic carbocycles. The van der Waals surface area contributed by atoms with Crippen LogP contribution in [0.3, 0.4) is 0 Å². The Hall–Kier alpha value is -1.76. The van der Waals surface area contributed by atoms with E-state index in [4.69, 9.17) is 5.26 Å². The minimum atomic E-state index is -3.18. The molecule has 9 heteroatoms. The lowest BCUT2D eigenvalue weighted by Crippen LogP contribution is -2.34. The smallest absolute Gasteiger partial charge is 0.208 e. The molecule has 0 saturated heterocycles. The molecule has 0 heterocycles. The van der Waals surface area contributed by atoms with Gasteiger partial charge in [0.15, 0.2) is 11.4 Å². The molecule has 0 bridgehead atoms. The van der Waals surface area contributed by atoms with Gasteiger partial charge < -0.3 is 4.90 Å². The number of thioether (sulfide) groups is 1. The van der Waals surface area contributed by atoms with Crippen molar-refractivity contribution in [3.8, 4) is 6.19 Å². The van der Waals surface area contributed by atoms with Crippen LogP contribution in [0, 0.1) is 18.4 Å². The summed E-state index contributed by atoms with van der Waals surface area (Å²) in [5, 5.41) is 11.8. The first kappa shape index (κ1) is 20.3. The first-order valence-corrected chi connectivity index (χ1v) is 10.5. The monoisotopic (exact) mass is 369 g/mol. The summed E-state index contributed by atoms with van der Waals surface area (Å²) in [6.07, 6.45) is 4.87. The minimum Gasteiger partial charge on any atom is -0.370 e. The maximum Gasteiger partial charge on any atom is 0.208 e. The third-order valence-corrected chi connectivity index (χ3v) is 4.56. The molecule has 1 rings (SSSR count). The number of likely N-dealkylation sites (N-methyl/N-ethyl adjacent to an activating group) is 1. The third-order valence-electron chi connectivity index (χ3n) is 3.25. The molecule has 24 heavy (non-hydrogen) atoms. The highest BCUT2D eigenvalue weighted by molar-refractivity contribution is 8.13. The summed E-state index contributed by atoms with van der Waals surface area (Å²) in [6.45, 7) is 5.67. The molecule has 0 aliphatic carbocycles. The van der Waals surface area contributed by atoms with Crippen molar-refractivity contribution >= 4 is 38.3 Å². The number of amidine groups is 1. The van der Waals surface area contributed by atoms with Crippen LogP contribution >= 0.6 is 11.8 Å². The highest BCUT2D eigenvalue weighted by Gasteiger charge is 2.08. The van der Waals surface area contributed by atoms with Gasteiger partial charge in [0.05, 0.1) is 11.9 Å². The van der Waals surface area contributed by atoms with E-state index in [1.165, 1.54) is 11.8 Å². The lowest BCUT2D eigenvalue weighted by Gasteiger charge is -2.23. The third kappa shape index (κ3) is 6.78. The predicted octanol–water partition coefficient (Wildman–Crippen LogP) is 1.79. The molecule has 7 nitrogen and oxygen atoms in total. The van der Waals surface area contributed by atoms with E-state index in [1.807, 2.05) is 44.5 Å². The number of sulfonamides is 1. The van der Waals surface area contributed by atoms with Gasteiger partial charge in [0.2, 0.25) is 10.0 Å². The van der Waals surface area contributed by atoms with Crippen molar-refractivity contribution in [1.82, 2.24) is 10.0 Å². The Kier molecular flexibility index (Phi) is 8.04. The van der Waals surface area contributed by atoms with Gasteiger partial charge in [0.1, 0.15) is 0 Å². The van der Waals surface area contributed by atoms with E-state index < -0.39 is 10.0 Å². The Balaban J connectivity index is 2.90. The lowest BCUT2D eigenvalue weighted by molar-refractivity contribution is 0.587. The van der Waals surface area contributed by atoms with Gasteiger partial charge in [-0.15, -0.1) is 0 Å². The maximum atomic E-state index is 11.1. The van der Waals surface area contributed by atoms with E-state index in [-0.39, 0.29) is 0 Å². The Morgan fingerprint density at radius 1 is 1.46 bits per heavy atom. The van der Waals surface area contributed by atoms with E-state index in [0.717, 1.165) is 29.7 Å². The first-order valence-electron chi connectivity index (χ1n) is 7.38. The average Bonchev–Trinajstić information content (AvgIpc) is 2.52. The largest absolute Gasteiger partial charge is 0.370 e. The van der Waals surface area contributed by atoms with Gasteiger partial charge in [-0.3, -0.25) is 5.32 Å². The predicted molar refractivity (Wildman–Crippen MR) is 101 cm³/mol. The van der Waals surface area contributed by atoms with Crippen LogP contribution in [0.15, 0.2) is 23.2 Å². The zero-order valence-corrected chi connectivity index (χ0v) is 16.0. The van der Waals surface area contributed by atoms with Crippen LogP contribution in [0.4, 0.5) is 11.4 Å². The van der Waals surface area contributed by atoms with Crippen molar-refractivity contribution in [2.24, 2.45) is 4.99 Å². The zero-order chi connectivity index (χ0) is 18.2. The summed E-state index contributed by atoms with van der Waals surface area (Å²) in [4.78, 5) is 6.51. The molecular formula is C15H23N5O2S2. The number of hydrogen-bond acceptors (Lipinski definition) is 6. The van der Waals surface area contributed by atoms with Crippen LogP contribution in [-0.2, 0) is 10.0 Å². The number of aryl methyl sites for hydroxylation is 1. The van der Waals surface area contributed by atoms with Crippen LogP contribution in [0.2, 0.25) is 0 Å². The molecule has 0 atom stereocenters. The van der Waals surface area contributed by atoms with Crippen molar-refractivity contribution in [1.29, 1.82) is 5.26 Å². The summed E-state index contributed by atoms with van der Waals surface area (Å²) in [6, 6.07) is 5.85. The normalized spacial score (nSPS) is 11.9. The summed E-state index contributed by atoms with van der Waals surface area (Å²) < 4.78 is 24.8. The van der Waals surface area contributed by atoms with E-state index in [1.54, 1.807) is 0 Å². The van der Waals surface area contributed by atoms with E-state index in [9.17, 15) is 8.42 Å². The van der Waals surface area contributed by atoms with Gasteiger partial charge in [0.25, 0.3) is 0 Å². The van der Waals surface area contributed by atoms with Crippen LogP contribution in [0.25, 0.3) is 0 Å². The average molecular weight is 370 g/mol. The van der Waals surface area contributed by atoms with Crippen molar-refractivity contribution < 1.29 is 8.42 Å². The Morgan fingerprint density at radius 2 is 2.17 bits per heavy atom. The van der Waals surface area contributed by atoms with Crippen molar-refractivity contribution in [2.75, 3.05) is 37.0 Å². The molecule has 1 aromatic rings. The maximum absolute atomic E-state index is 11.1. The summed E-state index contributed by atoms with van der Waals surface area (Å²) >= 11 is 1.37. The molecule has 0 saturated carbocycles. The van der Waals surface area contributed by atoms with Crippen LogP contribution < -0.4 is 14.9 Å². The molecule has 0 aliphatic rings. The number of anilines is 1. The van der Waals surface area contributed by atoms with Crippen LogP contribution in [0.5, 0.6) is 0 Å². The number of aliphatic imine (C=N–C) groups is 1. The second kappa shape index (κ2) is 9.52. The zero-order valence-electron chi connectivity index (χ0n) is 14.3. The van der Waals surface area contributed by atoms with Gasteiger partial charge in [-0.1, -0.05) is 11.8 Å². The van der Waals surface area contributed by atoms with Crippen LogP contribution in [-0.4, -0.2) is 45.7 Å². The summed E-state index contributed by atoms with van der Waals surface area (Å²) in [5.74, 6) is 0. The van der Waals surface area contributed by atoms with Crippen molar-refractivity contribution in [3.63, 3.8) is 0 Å². The number of benzene rings is 1. The fraction of sp³-hybridized carbons (Fsp3) is 0.467. The minimum absolute atomic E-state index is 0.355. The van der Waals surface area contributed by atoms with Crippen LogP contribution in [0.1, 0.15) is 12.5 Å². The summed E-state index contributed by atoms with van der Waals surface area (Å²) in [5.41, 5.74) is 2.77. The number of rotatable bonds is 7. The molecule has 0 unspecified atom stereocenters. The molecule has 0 amide bonds. The van der Waals surface area contributed by atoms with E-state index in [2.05, 4.69) is 19.9 Å². The number of nitrogens with zero attached hydrogens (tertiary/aromatic N) is 3. The fourth-order valence-corrected chi connectivity index (χ4v) is 2.88. The second-order valence-electron chi connectivity index (χ2n) is 5.07. The fourth-order valence-electron chi connectivity index (χ4n) is 2.08. The molecule has 0 radical (unpaired) electrons. The molecule has 0 spiro atoms. The lowest BCUT2D eigenvalue weighted by atomic mass is 10.1.